The predicted molar refractivity (Wildman–Crippen MR) is 99.2 cm³/mol. The Hall–Kier alpha value is -0.750. The van der Waals surface area contributed by atoms with Crippen molar-refractivity contribution >= 4 is 29.4 Å². The van der Waals surface area contributed by atoms with Crippen LogP contribution in [-0.4, -0.2) is 38.7 Å². The van der Waals surface area contributed by atoms with Crippen LogP contribution < -0.4 is 5.32 Å². The van der Waals surface area contributed by atoms with Crippen molar-refractivity contribution in [2.45, 2.75) is 68.5 Å². The smallest absolute Gasteiger partial charge is 0.233 e. The van der Waals surface area contributed by atoms with Crippen LogP contribution in [0.25, 0.3) is 0 Å². The first-order valence-electron chi connectivity index (χ1n) is 8.43. The van der Waals surface area contributed by atoms with E-state index in [0.717, 1.165) is 28.9 Å². The van der Waals surface area contributed by atoms with Gasteiger partial charge in [-0.2, -0.15) is 11.8 Å². The zero-order valence-electron chi connectivity index (χ0n) is 14.3. The molecule has 1 fully saturated rings. The number of nitrogens with one attached hydrogen (secondary N) is 1. The zero-order chi connectivity index (χ0) is 16.7. The number of thioether (sulfide) groups is 2. The summed E-state index contributed by atoms with van der Waals surface area (Å²) in [6, 6.07) is 1.94. The average Bonchev–Trinajstić information content (AvgIpc) is 2.51. The largest absolute Gasteiger partial charge is 0.354 e. The van der Waals surface area contributed by atoms with Gasteiger partial charge in [0.05, 0.1) is 5.25 Å². The minimum atomic E-state index is -0.170. The molecule has 4 nitrogen and oxygen atoms in total. The van der Waals surface area contributed by atoms with Crippen LogP contribution in [0.2, 0.25) is 0 Å². The topological polar surface area (TPSA) is 54.9 Å². The minimum absolute atomic E-state index is 0.0713. The zero-order valence-corrected chi connectivity index (χ0v) is 15.9. The van der Waals surface area contributed by atoms with Crippen LogP contribution in [0, 0.1) is 13.8 Å². The van der Waals surface area contributed by atoms with E-state index in [1.165, 1.54) is 43.9 Å². The molecule has 2 rings (SSSR count). The Morgan fingerprint density at radius 3 is 2.57 bits per heavy atom. The van der Waals surface area contributed by atoms with Gasteiger partial charge >= 0.3 is 0 Å². The lowest BCUT2D eigenvalue weighted by atomic mass is 10.0. The fourth-order valence-electron chi connectivity index (χ4n) is 2.73. The van der Waals surface area contributed by atoms with Crippen molar-refractivity contribution in [1.29, 1.82) is 0 Å². The molecule has 0 bridgehead atoms. The van der Waals surface area contributed by atoms with Crippen LogP contribution in [-0.2, 0) is 4.79 Å². The molecular formula is C17H27N3OS2. The normalized spacial score (nSPS) is 17.0. The molecule has 1 aromatic rings. The van der Waals surface area contributed by atoms with Crippen LogP contribution >= 0.6 is 23.5 Å². The van der Waals surface area contributed by atoms with Gasteiger partial charge in [-0.1, -0.05) is 31.0 Å². The summed E-state index contributed by atoms with van der Waals surface area (Å²) in [7, 11) is 0. The van der Waals surface area contributed by atoms with E-state index in [4.69, 9.17) is 0 Å². The third-order valence-corrected chi connectivity index (χ3v) is 6.26. The first-order chi connectivity index (χ1) is 11.0. The molecule has 23 heavy (non-hydrogen) atoms. The molecule has 0 saturated heterocycles. The molecule has 0 aromatic carbocycles. The fraction of sp³-hybridized carbons (Fsp3) is 0.706. The van der Waals surface area contributed by atoms with Gasteiger partial charge in [-0.3, -0.25) is 4.79 Å². The number of carbonyl (C=O) groups excluding carboxylic acids is 1. The van der Waals surface area contributed by atoms with E-state index < -0.39 is 0 Å². The lowest BCUT2D eigenvalue weighted by Gasteiger charge is -2.21. The molecule has 0 aliphatic heterocycles. The number of carbonyl (C=O) groups is 1. The molecule has 1 N–H and O–H groups in total. The van der Waals surface area contributed by atoms with Crippen molar-refractivity contribution in [2.75, 3.05) is 12.3 Å². The Morgan fingerprint density at radius 1 is 1.26 bits per heavy atom. The lowest BCUT2D eigenvalue weighted by Crippen LogP contribution is -2.33. The first kappa shape index (κ1) is 18.6. The van der Waals surface area contributed by atoms with E-state index in [0.29, 0.717) is 5.16 Å². The number of hydrogen-bond donors (Lipinski definition) is 1. The van der Waals surface area contributed by atoms with Crippen molar-refractivity contribution in [3.05, 3.63) is 17.5 Å². The average molecular weight is 354 g/mol. The highest BCUT2D eigenvalue weighted by Gasteiger charge is 2.17. The summed E-state index contributed by atoms with van der Waals surface area (Å²) in [4.78, 5) is 20.9. The maximum atomic E-state index is 12.2. The van der Waals surface area contributed by atoms with Gasteiger partial charge in [0, 0.05) is 28.9 Å². The summed E-state index contributed by atoms with van der Waals surface area (Å²) in [5.41, 5.74) is 1.88. The number of hydrogen-bond acceptors (Lipinski definition) is 5. The van der Waals surface area contributed by atoms with Crippen LogP contribution in [0.3, 0.4) is 0 Å². The van der Waals surface area contributed by atoms with E-state index in [9.17, 15) is 4.79 Å². The molecule has 0 radical (unpaired) electrons. The summed E-state index contributed by atoms with van der Waals surface area (Å²) in [5.74, 6) is 1.08. The first-order valence-corrected chi connectivity index (χ1v) is 10.4. The van der Waals surface area contributed by atoms with E-state index >= 15 is 0 Å². The Labute approximate surface area is 148 Å². The van der Waals surface area contributed by atoms with Crippen molar-refractivity contribution in [1.82, 2.24) is 15.3 Å². The molecule has 1 unspecified atom stereocenters. The van der Waals surface area contributed by atoms with Crippen molar-refractivity contribution < 1.29 is 4.79 Å². The maximum absolute atomic E-state index is 12.2. The Bertz CT molecular complexity index is 498. The van der Waals surface area contributed by atoms with Crippen LogP contribution in [0.5, 0.6) is 0 Å². The highest BCUT2D eigenvalue weighted by molar-refractivity contribution is 8.00. The fourth-order valence-corrected chi connectivity index (χ4v) is 4.85. The SMILES string of the molecule is Cc1cc(C)nc(SC(C)C(=O)NCCSC2CCCCC2)n1. The Morgan fingerprint density at radius 2 is 1.91 bits per heavy atom. The predicted octanol–water partition coefficient (Wildman–Crippen LogP) is 3.76. The summed E-state index contributed by atoms with van der Waals surface area (Å²) in [5, 5.41) is 4.35. The van der Waals surface area contributed by atoms with Gasteiger partial charge in [0.2, 0.25) is 5.91 Å². The van der Waals surface area contributed by atoms with Crippen LogP contribution in [0.4, 0.5) is 0 Å². The van der Waals surface area contributed by atoms with Gasteiger partial charge in [-0.05, 0) is 39.7 Å². The summed E-state index contributed by atoms with van der Waals surface area (Å²) in [6.07, 6.45) is 6.81. The summed E-state index contributed by atoms with van der Waals surface area (Å²) in [6.45, 7) is 6.56. The molecule has 1 amide bonds. The monoisotopic (exact) mass is 353 g/mol. The van der Waals surface area contributed by atoms with Gasteiger partial charge in [0.15, 0.2) is 5.16 Å². The molecular weight excluding hydrogens is 326 g/mol. The summed E-state index contributed by atoms with van der Waals surface area (Å²) < 4.78 is 0. The number of rotatable bonds is 7. The quantitative estimate of drug-likeness (QED) is 0.459. The number of amides is 1. The molecule has 1 aromatic heterocycles. The van der Waals surface area contributed by atoms with Gasteiger partial charge < -0.3 is 5.32 Å². The molecule has 128 valence electrons. The second-order valence-electron chi connectivity index (χ2n) is 6.12. The highest BCUT2D eigenvalue weighted by atomic mass is 32.2. The third kappa shape index (κ3) is 6.71. The van der Waals surface area contributed by atoms with Gasteiger partial charge in [-0.25, -0.2) is 9.97 Å². The van der Waals surface area contributed by atoms with E-state index in [1.807, 2.05) is 38.6 Å². The molecule has 6 heteroatoms. The van der Waals surface area contributed by atoms with Gasteiger partial charge in [0.1, 0.15) is 0 Å². The van der Waals surface area contributed by atoms with E-state index in [1.54, 1.807) is 0 Å². The van der Waals surface area contributed by atoms with Gasteiger partial charge in [-0.15, -0.1) is 0 Å². The lowest BCUT2D eigenvalue weighted by molar-refractivity contribution is -0.120. The Balaban J connectivity index is 1.68. The molecule has 1 aliphatic rings. The van der Waals surface area contributed by atoms with Crippen molar-refractivity contribution in [3.63, 3.8) is 0 Å². The van der Waals surface area contributed by atoms with Crippen LogP contribution in [0.15, 0.2) is 11.2 Å². The minimum Gasteiger partial charge on any atom is -0.354 e. The molecule has 0 spiro atoms. The van der Waals surface area contributed by atoms with Crippen molar-refractivity contribution in [2.24, 2.45) is 0 Å². The van der Waals surface area contributed by atoms with Gasteiger partial charge in [0.25, 0.3) is 0 Å². The molecule has 1 heterocycles. The third-order valence-electron chi connectivity index (χ3n) is 3.92. The highest BCUT2D eigenvalue weighted by Crippen LogP contribution is 2.27. The molecule has 1 aliphatic carbocycles. The second-order valence-corrected chi connectivity index (χ2v) is 8.83. The maximum Gasteiger partial charge on any atom is 0.233 e. The molecule has 1 saturated carbocycles. The van der Waals surface area contributed by atoms with E-state index in [-0.39, 0.29) is 11.2 Å². The molecule has 1 atom stereocenters. The van der Waals surface area contributed by atoms with Crippen LogP contribution in [0.1, 0.15) is 50.4 Å². The number of aryl methyl sites for hydroxylation is 2. The standard InChI is InChI=1S/C17H27N3OS2/c1-12-11-13(2)20-17(19-12)23-14(3)16(21)18-9-10-22-15-7-5-4-6-8-15/h11,14-15H,4-10H2,1-3H3,(H,18,21). The van der Waals surface area contributed by atoms with E-state index in [2.05, 4.69) is 15.3 Å². The second kappa shape index (κ2) is 9.52. The van der Waals surface area contributed by atoms with Crippen molar-refractivity contribution in [3.8, 4) is 0 Å². The number of nitrogens with zero attached hydrogens (tertiary/aromatic N) is 2. The number of aromatic nitrogens is 2. The summed E-state index contributed by atoms with van der Waals surface area (Å²) >= 11 is 3.44. The Kier molecular flexibility index (Phi) is 7.70.